The number of ether oxygens (including phenoxy) is 2. The highest BCUT2D eigenvalue weighted by molar-refractivity contribution is 7.71. The first kappa shape index (κ1) is 17.9. The smallest absolute Gasteiger partial charge is 0.216 e. The summed E-state index contributed by atoms with van der Waals surface area (Å²) in [6.45, 7) is 5.04. The van der Waals surface area contributed by atoms with Crippen LogP contribution >= 0.6 is 12.2 Å². The minimum atomic E-state index is 0.420. The number of hydrogen-bond acceptors (Lipinski definition) is 5. The van der Waals surface area contributed by atoms with Gasteiger partial charge in [-0.15, -0.1) is 0 Å². The van der Waals surface area contributed by atoms with E-state index in [4.69, 9.17) is 21.7 Å². The molecular formula is C19H20N4O2S. The van der Waals surface area contributed by atoms with Gasteiger partial charge in [0.25, 0.3) is 0 Å². The Kier molecular flexibility index (Phi) is 5.80. The van der Waals surface area contributed by atoms with Crippen LogP contribution in [0.1, 0.15) is 19.4 Å². The highest BCUT2D eigenvalue weighted by atomic mass is 32.1. The third kappa shape index (κ3) is 4.00. The van der Waals surface area contributed by atoms with Gasteiger partial charge in [0.05, 0.1) is 19.4 Å². The Labute approximate surface area is 157 Å². The molecule has 0 aliphatic carbocycles. The van der Waals surface area contributed by atoms with E-state index in [1.165, 1.54) is 0 Å². The first-order valence-corrected chi connectivity index (χ1v) is 8.80. The van der Waals surface area contributed by atoms with Gasteiger partial charge in [-0.05, 0) is 38.2 Å². The van der Waals surface area contributed by atoms with Crippen molar-refractivity contribution in [2.45, 2.75) is 13.8 Å². The molecule has 0 spiro atoms. The van der Waals surface area contributed by atoms with Crippen LogP contribution < -0.4 is 9.47 Å². The molecule has 1 aromatic heterocycles. The van der Waals surface area contributed by atoms with Gasteiger partial charge in [0, 0.05) is 17.2 Å². The number of hydrogen-bond donors (Lipinski definition) is 1. The molecule has 26 heavy (non-hydrogen) atoms. The maximum atomic E-state index is 5.71. The van der Waals surface area contributed by atoms with Gasteiger partial charge >= 0.3 is 0 Å². The highest BCUT2D eigenvalue weighted by Crippen LogP contribution is 2.24. The van der Waals surface area contributed by atoms with Gasteiger partial charge in [-0.1, -0.05) is 30.3 Å². The molecule has 1 N–H and O–H groups in total. The van der Waals surface area contributed by atoms with Crippen molar-refractivity contribution < 1.29 is 9.47 Å². The number of nitrogens with zero attached hydrogens (tertiary/aromatic N) is 3. The molecule has 1 heterocycles. The van der Waals surface area contributed by atoms with Crippen LogP contribution in [0.25, 0.3) is 11.4 Å². The van der Waals surface area contributed by atoms with Crippen molar-refractivity contribution in [3.05, 3.63) is 58.9 Å². The van der Waals surface area contributed by atoms with Crippen LogP contribution in [0.5, 0.6) is 11.5 Å². The molecule has 0 saturated carbocycles. The zero-order valence-corrected chi connectivity index (χ0v) is 15.5. The summed E-state index contributed by atoms with van der Waals surface area (Å²) in [7, 11) is 0. The number of rotatable bonds is 7. The molecule has 3 rings (SSSR count). The van der Waals surface area contributed by atoms with E-state index in [1.807, 2.05) is 62.4 Å². The van der Waals surface area contributed by atoms with Crippen LogP contribution in [0.2, 0.25) is 0 Å². The number of aromatic amines is 1. The average Bonchev–Trinajstić information content (AvgIpc) is 3.03. The minimum absolute atomic E-state index is 0.420. The highest BCUT2D eigenvalue weighted by Gasteiger charge is 2.08. The molecular weight excluding hydrogens is 348 g/mol. The summed E-state index contributed by atoms with van der Waals surface area (Å²) in [5, 5.41) is 11.6. The molecule has 0 amide bonds. The molecule has 0 radical (unpaired) electrons. The lowest BCUT2D eigenvalue weighted by atomic mass is 10.2. The summed E-state index contributed by atoms with van der Waals surface area (Å²) in [5.41, 5.74) is 1.76. The largest absolute Gasteiger partial charge is 0.494 e. The lowest BCUT2D eigenvalue weighted by molar-refractivity contribution is 0.323. The van der Waals surface area contributed by atoms with Crippen molar-refractivity contribution in [3.8, 4) is 22.9 Å². The molecule has 0 aliphatic heterocycles. The molecule has 134 valence electrons. The van der Waals surface area contributed by atoms with E-state index in [0.29, 0.717) is 29.6 Å². The minimum Gasteiger partial charge on any atom is -0.494 e. The summed E-state index contributed by atoms with van der Waals surface area (Å²) in [5.74, 6) is 2.12. The van der Waals surface area contributed by atoms with Crippen molar-refractivity contribution in [1.82, 2.24) is 14.9 Å². The molecule has 6 nitrogen and oxygen atoms in total. The van der Waals surface area contributed by atoms with Crippen LogP contribution in [0.3, 0.4) is 0 Å². The van der Waals surface area contributed by atoms with Crippen LogP contribution in [-0.2, 0) is 0 Å². The van der Waals surface area contributed by atoms with Crippen LogP contribution in [0, 0.1) is 4.77 Å². The Morgan fingerprint density at radius 2 is 1.88 bits per heavy atom. The molecule has 3 aromatic rings. The SMILES string of the molecule is CCOc1ccc(/C=N\n2c(-c3ccccc3)n[nH]c2=S)c(OCC)c1. The third-order valence-corrected chi connectivity index (χ3v) is 3.85. The summed E-state index contributed by atoms with van der Waals surface area (Å²) in [6.07, 6.45) is 1.71. The first-order chi connectivity index (χ1) is 12.7. The Morgan fingerprint density at radius 3 is 2.62 bits per heavy atom. The number of H-pyrrole nitrogens is 1. The molecule has 0 unspecified atom stereocenters. The van der Waals surface area contributed by atoms with Gasteiger partial charge in [-0.2, -0.15) is 14.9 Å². The number of nitrogens with one attached hydrogen (secondary N) is 1. The van der Waals surface area contributed by atoms with Crippen molar-refractivity contribution in [2.24, 2.45) is 5.10 Å². The van der Waals surface area contributed by atoms with E-state index < -0.39 is 0 Å². The summed E-state index contributed by atoms with van der Waals surface area (Å²) in [6, 6.07) is 15.4. The fourth-order valence-electron chi connectivity index (χ4n) is 2.45. The zero-order chi connectivity index (χ0) is 18.4. The second kappa shape index (κ2) is 8.44. The monoisotopic (exact) mass is 368 g/mol. The van der Waals surface area contributed by atoms with Gasteiger partial charge < -0.3 is 9.47 Å². The number of aromatic nitrogens is 3. The Hall–Kier alpha value is -2.93. The maximum absolute atomic E-state index is 5.71. The van der Waals surface area contributed by atoms with E-state index in [0.717, 1.165) is 16.9 Å². The van der Waals surface area contributed by atoms with Crippen molar-refractivity contribution >= 4 is 18.4 Å². The van der Waals surface area contributed by atoms with E-state index in [-0.39, 0.29) is 0 Å². The molecule has 0 atom stereocenters. The Balaban J connectivity index is 1.96. The second-order valence-corrected chi connectivity index (χ2v) is 5.73. The third-order valence-electron chi connectivity index (χ3n) is 3.59. The molecule has 0 fully saturated rings. The summed E-state index contributed by atoms with van der Waals surface area (Å²) in [4.78, 5) is 0. The van der Waals surface area contributed by atoms with Crippen molar-refractivity contribution in [3.63, 3.8) is 0 Å². The zero-order valence-electron chi connectivity index (χ0n) is 14.7. The van der Waals surface area contributed by atoms with E-state index in [1.54, 1.807) is 10.9 Å². The fourth-order valence-corrected chi connectivity index (χ4v) is 2.63. The molecule has 0 bridgehead atoms. The Bertz CT molecular complexity index is 948. The van der Waals surface area contributed by atoms with Crippen LogP contribution in [0.4, 0.5) is 0 Å². The maximum Gasteiger partial charge on any atom is 0.216 e. The average molecular weight is 368 g/mol. The van der Waals surface area contributed by atoms with Crippen molar-refractivity contribution in [2.75, 3.05) is 13.2 Å². The quantitative estimate of drug-likeness (QED) is 0.499. The van der Waals surface area contributed by atoms with Crippen LogP contribution in [-0.4, -0.2) is 34.3 Å². The summed E-state index contributed by atoms with van der Waals surface area (Å²) >= 11 is 5.31. The first-order valence-electron chi connectivity index (χ1n) is 8.39. The fraction of sp³-hybridized carbons (Fsp3) is 0.211. The standard InChI is InChI=1S/C19H20N4O2S/c1-3-24-16-11-10-15(17(12-16)25-4-2)13-20-23-18(21-22-19(23)26)14-8-6-5-7-9-14/h5-13H,3-4H2,1-2H3,(H,22,26)/b20-13-. The lowest BCUT2D eigenvalue weighted by Crippen LogP contribution is -2.00. The normalized spacial score (nSPS) is 11.0. The predicted octanol–water partition coefficient (Wildman–Crippen LogP) is 4.29. The summed E-state index contributed by atoms with van der Waals surface area (Å²) < 4.78 is 13.3. The van der Waals surface area contributed by atoms with Gasteiger partial charge in [-0.3, -0.25) is 0 Å². The molecule has 0 aliphatic rings. The number of benzene rings is 2. The Morgan fingerprint density at radius 1 is 1.12 bits per heavy atom. The van der Waals surface area contributed by atoms with E-state index >= 15 is 0 Å². The van der Waals surface area contributed by atoms with Gasteiger partial charge in [-0.25, -0.2) is 5.10 Å². The van der Waals surface area contributed by atoms with Gasteiger partial charge in [0.1, 0.15) is 11.5 Å². The van der Waals surface area contributed by atoms with Gasteiger partial charge in [0.2, 0.25) is 4.77 Å². The second-order valence-electron chi connectivity index (χ2n) is 5.34. The topological polar surface area (TPSA) is 64.4 Å². The van der Waals surface area contributed by atoms with E-state index in [2.05, 4.69) is 15.3 Å². The van der Waals surface area contributed by atoms with Crippen molar-refractivity contribution in [1.29, 1.82) is 0 Å². The predicted molar refractivity (Wildman–Crippen MR) is 105 cm³/mol. The lowest BCUT2D eigenvalue weighted by Gasteiger charge is -2.10. The molecule has 7 heteroatoms. The van der Waals surface area contributed by atoms with Crippen LogP contribution in [0.15, 0.2) is 53.6 Å². The molecule has 2 aromatic carbocycles. The van der Waals surface area contributed by atoms with E-state index in [9.17, 15) is 0 Å². The van der Waals surface area contributed by atoms with Gasteiger partial charge in [0.15, 0.2) is 5.82 Å². The molecule has 0 saturated heterocycles.